The van der Waals surface area contributed by atoms with E-state index in [1.54, 1.807) is 18.4 Å². The van der Waals surface area contributed by atoms with Crippen LogP contribution < -0.4 is 5.32 Å². The van der Waals surface area contributed by atoms with E-state index in [4.69, 9.17) is 4.42 Å². The Balaban J connectivity index is 1.35. The van der Waals surface area contributed by atoms with Crippen molar-refractivity contribution in [2.45, 2.75) is 24.4 Å². The number of thioether (sulfide) groups is 1. The minimum Gasteiger partial charge on any atom is -0.469 e. The van der Waals surface area contributed by atoms with Crippen molar-refractivity contribution in [3.05, 3.63) is 63.8 Å². The fourth-order valence-electron chi connectivity index (χ4n) is 2.68. The number of amides is 1. The number of hydrogen-bond donors (Lipinski definition) is 1. The van der Waals surface area contributed by atoms with E-state index in [1.165, 1.54) is 35.2 Å². The van der Waals surface area contributed by atoms with Crippen molar-refractivity contribution in [2.75, 3.05) is 0 Å². The third kappa shape index (κ3) is 4.41. The molecule has 4 rings (SSSR count). The van der Waals surface area contributed by atoms with Gasteiger partial charge in [-0.05, 0) is 30.7 Å². The predicted molar refractivity (Wildman–Crippen MR) is 110 cm³/mol. The van der Waals surface area contributed by atoms with Gasteiger partial charge in [-0.15, -0.1) is 20.4 Å². The maximum atomic E-state index is 12.9. The Morgan fingerprint density at radius 1 is 1.20 bits per heavy atom. The lowest BCUT2D eigenvalue weighted by molar-refractivity contribution is 0.0950. The third-order valence-electron chi connectivity index (χ3n) is 4.29. The molecule has 0 radical (unpaired) electrons. The molecule has 1 aromatic carbocycles. The Morgan fingerprint density at radius 2 is 2.00 bits per heavy atom. The molecule has 0 bridgehead atoms. The lowest BCUT2D eigenvalue weighted by Gasteiger charge is -2.02. The number of carbonyl (C=O) groups is 1. The number of aryl methyl sites for hydroxylation is 1. The van der Waals surface area contributed by atoms with Gasteiger partial charge in [-0.2, -0.15) is 0 Å². The van der Waals surface area contributed by atoms with Crippen LogP contribution in [0, 0.1) is 12.7 Å². The van der Waals surface area contributed by atoms with Crippen molar-refractivity contribution in [3.63, 3.8) is 0 Å². The second kappa shape index (κ2) is 8.76. The monoisotopic (exact) mass is 444 g/mol. The standard InChI is InChI=1S/C19H17FN6O2S2/c1-11-14(7-8-28-11)16-23-25-19(26(16)2)29-10-15-22-24-18(30-15)17(27)21-9-12-3-5-13(20)6-4-12/h3-8H,9-10H2,1-2H3,(H,21,27). The summed E-state index contributed by atoms with van der Waals surface area (Å²) < 4.78 is 20.2. The Morgan fingerprint density at radius 3 is 2.73 bits per heavy atom. The van der Waals surface area contributed by atoms with Crippen LogP contribution in [0.15, 0.2) is 46.2 Å². The first kappa shape index (κ1) is 20.2. The van der Waals surface area contributed by atoms with Crippen LogP contribution in [0.5, 0.6) is 0 Å². The second-order valence-corrected chi connectivity index (χ2v) is 8.36. The summed E-state index contributed by atoms with van der Waals surface area (Å²) in [5, 5.41) is 21.0. The van der Waals surface area contributed by atoms with Crippen molar-refractivity contribution in [1.29, 1.82) is 0 Å². The highest BCUT2D eigenvalue weighted by molar-refractivity contribution is 7.98. The van der Waals surface area contributed by atoms with Gasteiger partial charge in [0, 0.05) is 13.6 Å². The average Bonchev–Trinajstić information content (AvgIpc) is 3.46. The smallest absolute Gasteiger partial charge is 0.282 e. The number of furan rings is 1. The molecular formula is C19H17FN6O2S2. The zero-order valence-electron chi connectivity index (χ0n) is 16.1. The van der Waals surface area contributed by atoms with Gasteiger partial charge in [0.15, 0.2) is 11.0 Å². The Labute approximate surface area is 179 Å². The molecule has 4 aromatic rings. The second-order valence-electron chi connectivity index (χ2n) is 6.35. The van der Waals surface area contributed by atoms with Gasteiger partial charge in [0.05, 0.1) is 17.6 Å². The summed E-state index contributed by atoms with van der Waals surface area (Å²) in [6.45, 7) is 2.17. The highest BCUT2D eigenvalue weighted by Gasteiger charge is 2.17. The van der Waals surface area contributed by atoms with Gasteiger partial charge in [0.25, 0.3) is 5.91 Å². The normalized spacial score (nSPS) is 11.0. The Bertz CT molecular complexity index is 1170. The number of nitrogens with one attached hydrogen (secondary N) is 1. The first-order valence-corrected chi connectivity index (χ1v) is 10.7. The number of rotatable bonds is 7. The van der Waals surface area contributed by atoms with E-state index >= 15 is 0 Å². The molecule has 154 valence electrons. The Kier molecular flexibility index (Phi) is 5.91. The maximum Gasteiger partial charge on any atom is 0.282 e. The number of carbonyl (C=O) groups excluding carboxylic acids is 1. The first-order chi connectivity index (χ1) is 14.5. The minimum atomic E-state index is -0.315. The summed E-state index contributed by atoms with van der Waals surface area (Å²) in [6, 6.07) is 7.81. The lowest BCUT2D eigenvalue weighted by atomic mass is 10.2. The highest BCUT2D eigenvalue weighted by Crippen LogP contribution is 2.28. The molecule has 0 unspecified atom stereocenters. The summed E-state index contributed by atoms with van der Waals surface area (Å²) in [5.74, 6) is 1.39. The molecule has 0 atom stereocenters. The largest absolute Gasteiger partial charge is 0.469 e. The van der Waals surface area contributed by atoms with E-state index in [0.29, 0.717) is 10.8 Å². The minimum absolute atomic E-state index is 0.278. The molecule has 8 nitrogen and oxygen atoms in total. The lowest BCUT2D eigenvalue weighted by Crippen LogP contribution is -2.22. The zero-order chi connectivity index (χ0) is 21.1. The van der Waals surface area contributed by atoms with E-state index in [2.05, 4.69) is 25.7 Å². The van der Waals surface area contributed by atoms with E-state index in [9.17, 15) is 9.18 Å². The maximum absolute atomic E-state index is 12.9. The molecule has 11 heteroatoms. The molecular weight excluding hydrogens is 427 g/mol. The van der Waals surface area contributed by atoms with Crippen LogP contribution in [0.4, 0.5) is 4.39 Å². The number of benzene rings is 1. The van der Waals surface area contributed by atoms with Crippen LogP contribution in [-0.2, 0) is 19.3 Å². The molecule has 0 aliphatic heterocycles. The number of nitrogens with zero attached hydrogens (tertiary/aromatic N) is 5. The van der Waals surface area contributed by atoms with Crippen molar-refractivity contribution in [2.24, 2.45) is 7.05 Å². The van der Waals surface area contributed by atoms with Crippen LogP contribution in [0.1, 0.15) is 26.1 Å². The molecule has 1 amide bonds. The highest BCUT2D eigenvalue weighted by atomic mass is 32.2. The van der Waals surface area contributed by atoms with Crippen molar-refractivity contribution in [1.82, 2.24) is 30.3 Å². The molecule has 0 saturated carbocycles. The number of halogens is 1. The Hall–Kier alpha value is -3.05. The molecule has 1 N–H and O–H groups in total. The van der Waals surface area contributed by atoms with E-state index in [0.717, 1.165) is 27.9 Å². The molecule has 3 heterocycles. The fourth-order valence-corrected chi connectivity index (χ4v) is 4.34. The zero-order valence-corrected chi connectivity index (χ0v) is 17.8. The molecule has 0 aliphatic carbocycles. The van der Waals surface area contributed by atoms with Gasteiger partial charge in [-0.1, -0.05) is 35.2 Å². The molecule has 3 aromatic heterocycles. The molecule has 0 aliphatic rings. The van der Waals surface area contributed by atoms with Crippen molar-refractivity contribution in [3.8, 4) is 11.4 Å². The molecule has 0 spiro atoms. The van der Waals surface area contributed by atoms with Gasteiger partial charge in [-0.25, -0.2) is 4.39 Å². The van der Waals surface area contributed by atoms with Crippen LogP contribution in [0.3, 0.4) is 0 Å². The van der Waals surface area contributed by atoms with Gasteiger partial charge in [0.2, 0.25) is 5.01 Å². The molecule has 30 heavy (non-hydrogen) atoms. The van der Waals surface area contributed by atoms with Crippen LogP contribution >= 0.6 is 23.1 Å². The summed E-state index contributed by atoms with van der Waals surface area (Å²) in [5.41, 5.74) is 1.70. The molecule has 0 fully saturated rings. The number of hydrogen-bond acceptors (Lipinski definition) is 8. The van der Waals surface area contributed by atoms with Gasteiger partial charge in [-0.3, -0.25) is 4.79 Å². The third-order valence-corrected chi connectivity index (χ3v) is 6.42. The van der Waals surface area contributed by atoms with Crippen LogP contribution in [-0.4, -0.2) is 30.9 Å². The van der Waals surface area contributed by atoms with Gasteiger partial charge < -0.3 is 14.3 Å². The van der Waals surface area contributed by atoms with Crippen LogP contribution in [0.25, 0.3) is 11.4 Å². The van der Waals surface area contributed by atoms with Gasteiger partial charge in [0.1, 0.15) is 16.6 Å². The van der Waals surface area contributed by atoms with Crippen molar-refractivity contribution >= 4 is 29.0 Å². The fraction of sp³-hybridized carbons (Fsp3) is 0.211. The van der Waals surface area contributed by atoms with Crippen LogP contribution in [0.2, 0.25) is 0 Å². The quantitative estimate of drug-likeness (QED) is 0.435. The summed E-state index contributed by atoms with van der Waals surface area (Å²) in [6.07, 6.45) is 1.62. The summed E-state index contributed by atoms with van der Waals surface area (Å²) >= 11 is 2.68. The topological polar surface area (TPSA) is 98.7 Å². The SMILES string of the molecule is Cc1occc1-c1nnc(SCc2nnc(C(=O)NCc3ccc(F)cc3)s2)n1C. The van der Waals surface area contributed by atoms with E-state index in [-0.39, 0.29) is 23.3 Å². The summed E-state index contributed by atoms with van der Waals surface area (Å²) in [4.78, 5) is 12.3. The van der Waals surface area contributed by atoms with Crippen molar-refractivity contribution < 1.29 is 13.6 Å². The first-order valence-electron chi connectivity index (χ1n) is 8.93. The van der Waals surface area contributed by atoms with E-state index < -0.39 is 0 Å². The average molecular weight is 445 g/mol. The summed E-state index contributed by atoms with van der Waals surface area (Å²) in [7, 11) is 1.89. The van der Waals surface area contributed by atoms with Gasteiger partial charge >= 0.3 is 0 Å². The predicted octanol–water partition coefficient (Wildman–Crippen LogP) is 3.60. The van der Waals surface area contributed by atoms with E-state index in [1.807, 2.05) is 24.6 Å². The number of aromatic nitrogens is 5. The molecule has 0 saturated heterocycles.